The summed E-state index contributed by atoms with van der Waals surface area (Å²) >= 11 is 0. The summed E-state index contributed by atoms with van der Waals surface area (Å²) < 4.78 is 17.0. The van der Waals surface area contributed by atoms with Gasteiger partial charge < -0.3 is 45.1 Å². The predicted octanol–water partition coefficient (Wildman–Crippen LogP) is 3.33. The third kappa shape index (κ3) is 6.68. The monoisotopic (exact) mass is 555 g/mol. The van der Waals surface area contributed by atoms with Crippen molar-refractivity contribution in [2.45, 2.75) is 45.9 Å². The van der Waals surface area contributed by atoms with Crippen LogP contribution in [0.15, 0.2) is 36.4 Å². The van der Waals surface area contributed by atoms with Gasteiger partial charge in [-0.1, -0.05) is 6.92 Å². The van der Waals surface area contributed by atoms with Crippen LogP contribution in [0, 0.1) is 5.92 Å². The molecule has 4 rings (SSSR count). The van der Waals surface area contributed by atoms with Gasteiger partial charge in [0.15, 0.2) is 11.5 Å². The zero-order chi connectivity index (χ0) is 29.0. The van der Waals surface area contributed by atoms with Gasteiger partial charge in [-0.25, -0.2) is 9.59 Å². The molecule has 2 aliphatic rings. The summed E-state index contributed by atoms with van der Waals surface area (Å²) in [6.07, 6.45) is -0.476. The molecule has 0 spiro atoms. The van der Waals surface area contributed by atoms with E-state index in [1.807, 2.05) is 20.8 Å². The average Bonchev–Trinajstić information content (AvgIpc) is 3.38. The van der Waals surface area contributed by atoms with Crippen LogP contribution < -0.4 is 30.2 Å². The molecule has 12 nitrogen and oxygen atoms in total. The van der Waals surface area contributed by atoms with Crippen molar-refractivity contribution in [3.05, 3.63) is 42.0 Å². The Balaban J connectivity index is 1.54. The molecule has 3 atom stereocenters. The molecule has 0 fully saturated rings. The van der Waals surface area contributed by atoms with Gasteiger partial charge in [0.25, 0.3) is 5.91 Å². The fourth-order valence-electron chi connectivity index (χ4n) is 4.49. The summed E-state index contributed by atoms with van der Waals surface area (Å²) in [5.41, 5.74) is 1.25. The third-order valence-corrected chi connectivity index (χ3v) is 6.77. The number of aliphatic hydroxyl groups excluding tert-OH is 1. The van der Waals surface area contributed by atoms with E-state index in [0.717, 1.165) is 0 Å². The van der Waals surface area contributed by atoms with E-state index in [0.29, 0.717) is 35.2 Å². The van der Waals surface area contributed by atoms with Gasteiger partial charge in [0, 0.05) is 43.0 Å². The Morgan fingerprint density at radius 3 is 2.42 bits per heavy atom. The third-order valence-electron chi connectivity index (χ3n) is 6.77. The zero-order valence-electron chi connectivity index (χ0n) is 23.4. The molecule has 4 N–H and O–H groups in total. The van der Waals surface area contributed by atoms with Crippen LogP contribution in [0.5, 0.6) is 17.2 Å². The van der Waals surface area contributed by atoms with Crippen molar-refractivity contribution in [2.24, 2.45) is 5.92 Å². The number of nitrogens with one attached hydrogen (secondary N) is 3. The number of rotatable bonds is 7. The second-order valence-corrected chi connectivity index (χ2v) is 10.5. The molecule has 2 heterocycles. The summed E-state index contributed by atoms with van der Waals surface area (Å²) in [4.78, 5) is 42.0. The van der Waals surface area contributed by atoms with E-state index >= 15 is 0 Å². The first-order valence-corrected chi connectivity index (χ1v) is 13.3. The Labute approximate surface area is 233 Å². The van der Waals surface area contributed by atoms with E-state index in [1.165, 1.54) is 4.90 Å². The molecule has 216 valence electrons. The van der Waals surface area contributed by atoms with Crippen molar-refractivity contribution in [1.82, 2.24) is 15.1 Å². The van der Waals surface area contributed by atoms with Gasteiger partial charge in [0.1, 0.15) is 11.9 Å². The minimum atomic E-state index is -0.476. The van der Waals surface area contributed by atoms with Crippen LogP contribution in [0.4, 0.5) is 21.0 Å². The van der Waals surface area contributed by atoms with Crippen molar-refractivity contribution >= 4 is 29.3 Å². The topological polar surface area (TPSA) is 142 Å². The number of ether oxygens (including phenoxy) is 3. The number of nitrogens with zero attached hydrogens (tertiary/aromatic N) is 2. The molecule has 0 aliphatic carbocycles. The highest BCUT2D eigenvalue weighted by molar-refractivity contribution is 5.99. The first-order valence-electron chi connectivity index (χ1n) is 13.3. The van der Waals surface area contributed by atoms with Crippen LogP contribution in [-0.4, -0.2) is 84.6 Å². The molecule has 0 aromatic heterocycles. The largest absolute Gasteiger partial charge is 0.487 e. The highest BCUT2D eigenvalue weighted by Crippen LogP contribution is 2.34. The van der Waals surface area contributed by atoms with E-state index in [2.05, 4.69) is 16.0 Å². The van der Waals surface area contributed by atoms with E-state index < -0.39 is 18.2 Å². The van der Waals surface area contributed by atoms with Crippen molar-refractivity contribution in [1.29, 1.82) is 0 Å². The number of carbonyl (C=O) groups excluding carboxylic acids is 3. The average molecular weight is 556 g/mol. The second kappa shape index (κ2) is 12.3. The Hall–Kier alpha value is -4.19. The first-order chi connectivity index (χ1) is 19.0. The minimum absolute atomic E-state index is 0.0586. The Morgan fingerprint density at radius 1 is 1.05 bits per heavy atom. The molecule has 2 aliphatic heterocycles. The first kappa shape index (κ1) is 28.8. The fourth-order valence-corrected chi connectivity index (χ4v) is 4.49. The maximum atomic E-state index is 13.6. The maximum absolute atomic E-state index is 13.6. The summed E-state index contributed by atoms with van der Waals surface area (Å²) in [7, 11) is 1.66. The minimum Gasteiger partial charge on any atom is -0.487 e. The van der Waals surface area contributed by atoms with Crippen LogP contribution in [0.1, 0.15) is 38.1 Å². The number of hydrogen-bond acceptors (Lipinski definition) is 7. The van der Waals surface area contributed by atoms with Gasteiger partial charge in [-0.05, 0) is 51.1 Å². The van der Waals surface area contributed by atoms with Gasteiger partial charge in [-0.15, -0.1) is 0 Å². The molecule has 0 saturated carbocycles. The van der Waals surface area contributed by atoms with Crippen molar-refractivity contribution < 1.29 is 33.7 Å². The number of urea groups is 2. The lowest BCUT2D eigenvalue weighted by Crippen LogP contribution is -2.50. The highest BCUT2D eigenvalue weighted by Gasteiger charge is 2.34. The molecular formula is C28H37N5O7. The van der Waals surface area contributed by atoms with Crippen LogP contribution in [-0.2, 0) is 0 Å². The van der Waals surface area contributed by atoms with Gasteiger partial charge in [0.2, 0.25) is 6.79 Å². The molecule has 0 unspecified atom stereocenters. The number of amides is 5. The summed E-state index contributed by atoms with van der Waals surface area (Å²) in [5.74, 6) is 1.02. The SMILES string of the molecule is CC(C)NC(=O)Nc1ccc2c(c1)C(=O)N([C@@H](C)CO)C[C@H](C)[C@@H](CN(C)C(=O)Nc1ccc3c(c1)OCO3)O2. The molecule has 2 aromatic rings. The summed E-state index contributed by atoms with van der Waals surface area (Å²) in [6, 6.07) is 8.79. The predicted molar refractivity (Wildman–Crippen MR) is 149 cm³/mol. The van der Waals surface area contributed by atoms with Crippen LogP contribution in [0.3, 0.4) is 0 Å². The van der Waals surface area contributed by atoms with Gasteiger partial charge in [-0.3, -0.25) is 4.79 Å². The van der Waals surface area contributed by atoms with Crippen LogP contribution in [0.2, 0.25) is 0 Å². The maximum Gasteiger partial charge on any atom is 0.321 e. The number of anilines is 2. The lowest BCUT2D eigenvalue weighted by Gasteiger charge is -2.38. The van der Waals surface area contributed by atoms with Crippen molar-refractivity contribution in [2.75, 3.05) is 44.2 Å². The lowest BCUT2D eigenvalue weighted by atomic mass is 9.99. The number of carbonyl (C=O) groups is 3. The number of fused-ring (bicyclic) bond motifs is 2. The van der Waals surface area contributed by atoms with Crippen LogP contribution >= 0.6 is 0 Å². The number of hydrogen-bond donors (Lipinski definition) is 4. The van der Waals surface area contributed by atoms with Gasteiger partial charge in [-0.2, -0.15) is 0 Å². The molecule has 40 heavy (non-hydrogen) atoms. The van der Waals surface area contributed by atoms with E-state index in [1.54, 1.807) is 55.3 Å². The van der Waals surface area contributed by atoms with Gasteiger partial charge >= 0.3 is 12.1 Å². The summed E-state index contributed by atoms with van der Waals surface area (Å²) in [6.45, 7) is 7.85. The van der Waals surface area contributed by atoms with Crippen molar-refractivity contribution in [3.8, 4) is 17.2 Å². The zero-order valence-corrected chi connectivity index (χ0v) is 23.4. The van der Waals surface area contributed by atoms with Crippen LogP contribution in [0.25, 0.3) is 0 Å². The van der Waals surface area contributed by atoms with E-state index in [9.17, 15) is 19.5 Å². The summed E-state index contributed by atoms with van der Waals surface area (Å²) in [5, 5.41) is 18.2. The lowest BCUT2D eigenvalue weighted by molar-refractivity contribution is 0.0371. The second-order valence-electron chi connectivity index (χ2n) is 10.5. The van der Waals surface area contributed by atoms with Crippen molar-refractivity contribution in [3.63, 3.8) is 0 Å². The van der Waals surface area contributed by atoms with Gasteiger partial charge in [0.05, 0.1) is 24.8 Å². The smallest absolute Gasteiger partial charge is 0.321 e. The Kier molecular flexibility index (Phi) is 8.88. The standard InChI is InChI=1S/C28H37N5O7/c1-16(2)29-27(36)30-19-6-8-22-21(10-19)26(35)33(18(4)14-34)12-17(3)25(40-22)13-32(5)28(37)31-20-7-9-23-24(11-20)39-15-38-23/h6-11,16-18,25,34H,12-15H2,1-5H3,(H,31,37)(H2,29,30,36)/t17-,18-,25+/m0/s1. The molecular weight excluding hydrogens is 518 g/mol. The fraction of sp³-hybridized carbons (Fsp3) is 0.464. The molecule has 0 bridgehead atoms. The molecule has 12 heteroatoms. The van der Waals surface area contributed by atoms with E-state index in [-0.39, 0.29) is 49.4 Å². The highest BCUT2D eigenvalue weighted by atomic mass is 16.7. The molecule has 0 saturated heterocycles. The molecule has 5 amide bonds. The molecule has 2 aromatic carbocycles. The number of aliphatic hydroxyl groups is 1. The molecule has 0 radical (unpaired) electrons. The normalized spacial score (nSPS) is 18.7. The Morgan fingerprint density at radius 2 is 1.73 bits per heavy atom. The quantitative estimate of drug-likeness (QED) is 0.411. The number of likely N-dealkylation sites (N-methyl/N-ethyl adjacent to an activating group) is 1. The number of benzene rings is 2. The Bertz CT molecular complexity index is 1250. The van der Waals surface area contributed by atoms with E-state index in [4.69, 9.17) is 14.2 Å².